The van der Waals surface area contributed by atoms with E-state index in [0.717, 1.165) is 5.82 Å². The van der Waals surface area contributed by atoms with Gasteiger partial charge in [0.1, 0.15) is 5.75 Å². The molecule has 0 saturated heterocycles. The minimum Gasteiger partial charge on any atom is -0.491 e. The Kier molecular flexibility index (Phi) is 2.92. The van der Waals surface area contributed by atoms with E-state index >= 15 is 0 Å². The molecule has 0 aliphatic heterocycles. The largest absolute Gasteiger partial charge is 0.491 e. The van der Waals surface area contributed by atoms with Gasteiger partial charge in [0.15, 0.2) is 5.82 Å². The molecule has 3 rings (SSSR count). The molecule has 98 valence electrons. The lowest BCUT2D eigenvalue weighted by Gasteiger charge is -2.07. The van der Waals surface area contributed by atoms with Gasteiger partial charge in [0.05, 0.1) is 12.3 Å². The molecule has 3 aromatic rings. The van der Waals surface area contributed by atoms with Gasteiger partial charge in [-0.1, -0.05) is 23.5 Å². The first kappa shape index (κ1) is 11.7. The Hall–Kier alpha value is -2.35. The van der Waals surface area contributed by atoms with Gasteiger partial charge in [-0.3, -0.25) is 0 Å². The van der Waals surface area contributed by atoms with E-state index in [4.69, 9.17) is 16.2 Å². The first-order valence-corrected chi connectivity index (χ1v) is 6.49. The Bertz CT molecular complexity index is 706. The van der Waals surface area contributed by atoms with Crippen molar-refractivity contribution in [2.75, 3.05) is 18.1 Å². The van der Waals surface area contributed by atoms with Crippen LogP contribution < -0.4 is 16.2 Å². The standard InChI is InChI=1S/C11H12N6OS/c12-7-3-1-2-4-8(7)18-6-5-9-14-15-11-17(9)16-10(13)19-11/h1-4H,5-6,12H2,(H2,13,16). The van der Waals surface area contributed by atoms with E-state index in [-0.39, 0.29) is 0 Å². The molecule has 0 atom stereocenters. The van der Waals surface area contributed by atoms with Crippen molar-refractivity contribution in [3.05, 3.63) is 30.1 Å². The van der Waals surface area contributed by atoms with Crippen LogP contribution in [0.3, 0.4) is 0 Å². The quantitative estimate of drug-likeness (QED) is 0.688. The number of benzene rings is 1. The summed E-state index contributed by atoms with van der Waals surface area (Å²) >= 11 is 1.30. The van der Waals surface area contributed by atoms with Crippen LogP contribution in [-0.4, -0.2) is 26.4 Å². The van der Waals surface area contributed by atoms with Crippen molar-refractivity contribution in [1.29, 1.82) is 0 Å². The number of hydrogen-bond acceptors (Lipinski definition) is 7. The van der Waals surface area contributed by atoms with Crippen molar-refractivity contribution >= 4 is 27.1 Å². The fourth-order valence-electron chi connectivity index (χ4n) is 1.69. The zero-order valence-corrected chi connectivity index (χ0v) is 10.8. The zero-order valence-electron chi connectivity index (χ0n) is 9.98. The minimum absolute atomic E-state index is 0.451. The number of para-hydroxylation sites is 2. The van der Waals surface area contributed by atoms with Crippen LogP contribution in [0.2, 0.25) is 0 Å². The Morgan fingerprint density at radius 1 is 1.21 bits per heavy atom. The van der Waals surface area contributed by atoms with Crippen LogP contribution in [0.4, 0.5) is 10.8 Å². The Balaban J connectivity index is 1.68. The summed E-state index contributed by atoms with van der Waals surface area (Å²) in [5.41, 5.74) is 12.0. The predicted molar refractivity (Wildman–Crippen MR) is 73.1 cm³/mol. The van der Waals surface area contributed by atoms with Crippen molar-refractivity contribution in [3.8, 4) is 5.75 Å². The van der Waals surface area contributed by atoms with Gasteiger partial charge in [-0.05, 0) is 12.1 Å². The van der Waals surface area contributed by atoms with E-state index < -0.39 is 0 Å². The molecule has 0 amide bonds. The second kappa shape index (κ2) is 4.73. The van der Waals surface area contributed by atoms with Crippen LogP contribution in [-0.2, 0) is 6.42 Å². The number of anilines is 2. The molecular weight excluding hydrogens is 264 g/mol. The third-order valence-electron chi connectivity index (χ3n) is 2.57. The van der Waals surface area contributed by atoms with E-state index in [1.807, 2.05) is 18.2 Å². The molecular formula is C11H12N6OS. The van der Waals surface area contributed by atoms with Gasteiger partial charge < -0.3 is 16.2 Å². The number of fused-ring (bicyclic) bond motifs is 1. The first-order chi connectivity index (χ1) is 9.24. The van der Waals surface area contributed by atoms with E-state index in [1.54, 1.807) is 10.6 Å². The number of hydrogen-bond donors (Lipinski definition) is 2. The van der Waals surface area contributed by atoms with Gasteiger partial charge in [0, 0.05) is 6.42 Å². The molecule has 2 heterocycles. The van der Waals surface area contributed by atoms with Gasteiger partial charge in [0.25, 0.3) is 0 Å². The summed E-state index contributed by atoms with van der Waals surface area (Å²) in [6.07, 6.45) is 0.582. The van der Waals surface area contributed by atoms with E-state index in [1.165, 1.54) is 11.3 Å². The van der Waals surface area contributed by atoms with Gasteiger partial charge in [-0.25, -0.2) is 0 Å². The van der Waals surface area contributed by atoms with E-state index in [9.17, 15) is 0 Å². The average molecular weight is 276 g/mol. The van der Waals surface area contributed by atoms with Crippen molar-refractivity contribution < 1.29 is 4.74 Å². The summed E-state index contributed by atoms with van der Waals surface area (Å²) in [7, 11) is 0. The van der Waals surface area contributed by atoms with Gasteiger partial charge in [-0.2, -0.15) is 4.52 Å². The lowest BCUT2D eigenvalue weighted by molar-refractivity contribution is 0.319. The van der Waals surface area contributed by atoms with Crippen LogP contribution >= 0.6 is 11.3 Å². The second-order valence-corrected chi connectivity index (χ2v) is 4.87. The molecule has 8 heteroatoms. The number of nitrogens with two attached hydrogens (primary N) is 2. The smallest absolute Gasteiger partial charge is 0.236 e. The number of nitrogens with zero attached hydrogens (tertiary/aromatic N) is 4. The fourth-order valence-corrected chi connectivity index (χ4v) is 2.32. The fraction of sp³-hybridized carbons (Fsp3) is 0.182. The van der Waals surface area contributed by atoms with Gasteiger partial charge in [-0.15, -0.1) is 15.3 Å². The molecule has 2 aromatic heterocycles. The summed E-state index contributed by atoms with van der Waals surface area (Å²) < 4.78 is 7.24. The van der Waals surface area contributed by atoms with Crippen LogP contribution in [0.15, 0.2) is 24.3 Å². The van der Waals surface area contributed by atoms with Crippen LogP contribution in [0, 0.1) is 0 Å². The molecule has 0 unspecified atom stereocenters. The lowest BCUT2D eigenvalue weighted by atomic mass is 10.3. The maximum absolute atomic E-state index is 5.79. The Labute approximate surface area is 112 Å². The molecule has 0 aliphatic rings. The maximum atomic E-state index is 5.79. The highest BCUT2D eigenvalue weighted by atomic mass is 32.1. The number of aromatic nitrogens is 4. The highest BCUT2D eigenvalue weighted by Crippen LogP contribution is 2.20. The van der Waals surface area contributed by atoms with Gasteiger partial charge >= 0.3 is 0 Å². The molecule has 0 fully saturated rings. The van der Waals surface area contributed by atoms with Crippen molar-refractivity contribution in [2.45, 2.75) is 6.42 Å². The van der Waals surface area contributed by atoms with Crippen molar-refractivity contribution in [1.82, 2.24) is 19.8 Å². The minimum atomic E-state index is 0.451. The van der Waals surface area contributed by atoms with Gasteiger partial charge in [0.2, 0.25) is 10.1 Å². The summed E-state index contributed by atoms with van der Waals surface area (Å²) in [5.74, 6) is 1.39. The average Bonchev–Trinajstić information content (AvgIpc) is 2.92. The van der Waals surface area contributed by atoms with Crippen molar-refractivity contribution in [3.63, 3.8) is 0 Å². The number of rotatable bonds is 4. The van der Waals surface area contributed by atoms with E-state index in [2.05, 4.69) is 15.3 Å². The summed E-state index contributed by atoms with van der Waals surface area (Å²) in [4.78, 5) is 0.687. The molecule has 19 heavy (non-hydrogen) atoms. The topological polar surface area (TPSA) is 104 Å². The third-order valence-corrected chi connectivity index (χ3v) is 3.30. The highest BCUT2D eigenvalue weighted by molar-refractivity contribution is 7.20. The van der Waals surface area contributed by atoms with Crippen LogP contribution in [0.5, 0.6) is 5.75 Å². The Morgan fingerprint density at radius 2 is 2.05 bits per heavy atom. The van der Waals surface area contributed by atoms with E-state index in [0.29, 0.717) is 34.6 Å². The normalized spacial score (nSPS) is 10.9. The predicted octanol–water partition coefficient (Wildman–Crippen LogP) is 0.972. The molecule has 0 radical (unpaired) electrons. The SMILES string of the molecule is Nc1nn2c(CCOc3ccccc3N)nnc2s1. The molecule has 1 aromatic carbocycles. The van der Waals surface area contributed by atoms with Crippen molar-refractivity contribution in [2.24, 2.45) is 0 Å². The molecule has 0 saturated carbocycles. The lowest BCUT2D eigenvalue weighted by Crippen LogP contribution is -2.06. The molecule has 7 nitrogen and oxygen atoms in total. The maximum Gasteiger partial charge on any atom is 0.236 e. The third kappa shape index (κ3) is 2.29. The monoisotopic (exact) mass is 276 g/mol. The molecule has 0 aliphatic carbocycles. The summed E-state index contributed by atoms with van der Waals surface area (Å²) in [6.45, 7) is 0.451. The van der Waals surface area contributed by atoms with Crippen LogP contribution in [0.25, 0.3) is 4.96 Å². The molecule has 0 bridgehead atoms. The number of ether oxygens (including phenoxy) is 1. The van der Waals surface area contributed by atoms with Crippen LogP contribution in [0.1, 0.15) is 5.82 Å². The molecule has 4 N–H and O–H groups in total. The molecule has 0 spiro atoms. The first-order valence-electron chi connectivity index (χ1n) is 5.68. The summed E-state index contributed by atoms with van der Waals surface area (Å²) in [6, 6.07) is 7.37. The summed E-state index contributed by atoms with van der Waals surface area (Å²) in [5, 5.41) is 12.6. The Morgan fingerprint density at radius 3 is 2.89 bits per heavy atom. The second-order valence-electron chi connectivity index (χ2n) is 3.89. The number of nitrogen functional groups attached to an aromatic ring is 2. The zero-order chi connectivity index (χ0) is 13.2. The highest BCUT2D eigenvalue weighted by Gasteiger charge is 2.10.